The molecule has 23 heavy (non-hydrogen) atoms. The van der Waals surface area contributed by atoms with Gasteiger partial charge in [0.1, 0.15) is 0 Å². The number of carboxylic acids is 1. The summed E-state index contributed by atoms with van der Waals surface area (Å²) >= 11 is 0. The number of amides is 1. The average Bonchev–Trinajstić information content (AvgIpc) is 2.88. The van der Waals surface area contributed by atoms with Gasteiger partial charge < -0.3 is 19.5 Å². The van der Waals surface area contributed by atoms with Crippen molar-refractivity contribution in [1.82, 2.24) is 4.90 Å². The van der Waals surface area contributed by atoms with E-state index in [9.17, 15) is 18.4 Å². The highest BCUT2D eigenvalue weighted by molar-refractivity contribution is 5.95. The Labute approximate surface area is 131 Å². The van der Waals surface area contributed by atoms with E-state index in [1.54, 1.807) is 6.92 Å². The van der Waals surface area contributed by atoms with Gasteiger partial charge in [-0.3, -0.25) is 9.59 Å². The van der Waals surface area contributed by atoms with E-state index in [0.29, 0.717) is 6.54 Å². The minimum Gasteiger partial charge on any atom is -0.493 e. The van der Waals surface area contributed by atoms with Crippen LogP contribution in [0, 0.1) is 11.8 Å². The van der Waals surface area contributed by atoms with Gasteiger partial charge in [-0.05, 0) is 24.1 Å². The van der Waals surface area contributed by atoms with Crippen LogP contribution in [-0.2, 0) is 4.79 Å². The number of benzene rings is 1. The molecule has 1 aromatic rings. The maximum absolute atomic E-state index is 12.5. The second kappa shape index (κ2) is 6.80. The lowest BCUT2D eigenvalue weighted by atomic mass is 9.99. The highest BCUT2D eigenvalue weighted by Crippen LogP contribution is 2.31. The fourth-order valence-corrected chi connectivity index (χ4v) is 2.63. The standard InChI is InChI=1S/C15H17F2NO5/c1-8-6-18(7-10(8)14(20)21)13(19)9-3-4-11(23-15(16)17)12(5-9)22-2/h3-5,8,10,15H,6-7H2,1-2H3,(H,20,21)/t8-,10-/m1/s1. The number of carboxylic acid groups (broad SMARTS) is 1. The molecule has 1 amide bonds. The van der Waals surface area contributed by atoms with Crippen LogP contribution in [0.25, 0.3) is 0 Å². The minimum atomic E-state index is -3.00. The van der Waals surface area contributed by atoms with E-state index >= 15 is 0 Å². The first-order valence-corrected chi connectivity index (χ1v) is 6.98. The number of hydrogen-bond acceptors (Lipinski definition) is 4. The molecule has 0 radical (unpaired) electrons. The van der Waals surface area contributed by atoms with E-state index in [1.807, 2.05) is 0 Å². The number of ether oxygens (including phenoxy) is 2. The average molecular weight is 329 g/mol. The predicted octanol–water partition coefficient (Wildman–Crippen LogP) is 2.09. The summed E-state index contributed by atoms with van der Waals surface area (Å²) in [6.45, 7) is -0.784. The first-order valence-electron chi connectivity index (χ1n) is 6.98. The lowest BCUT2D eigenvalue weighted by molar-refractivity contribution is -0.142. The Balaban J connectivity index is 2.18. The first kappa shape index (κ1) is 17.0. The zero-order valence-corrected chi connectivity index (χ0v) is 12.7. The topological polar surface area (TPSA) is 76.1 Å². The quantitative estimate of drug-likeness (QED) is 0.895. The summed E-state index contributed by atoms with van der Waals surface area (Å²) in [4.78, 5) is 25.0. The number of rotatable bonds is 5. The molecule has 1 aliphatic heterocycles. The molecule has 0 aromatic heterocycles. The molecule has 1 fully saturated rings. The van der Waals surface area contributed by atoms with Gasteiger partial charge in [0.05, 0.1) is 13.0 Å². The van der Waals surface area contributed by atoms with Gasteiger partial charge in [0.2, 0.25) is 0 Å². The number of halogens is 2. The third-order valence-corrected chi connectivity index (χ3v) is 3.84. The van der Waals surface area contributed by atoms with E-state index < -0.39 is 18.5 Å². The molecule has 0 aliphatic carbocycles. The summed E-state index contributed by atoms with van der Waals surface area (Å²) in [7, 11) is 1.28. The molecular weight excluding hydrogens is 312 g/mol. The largest absolute Gasteiger partial charge is 0.493 e. The van der Waals surface area contributed by atoms with Gasteiger partial charge in [-0.25, -0.2) is 0 Å². The van der Waals surface area contributed by atoms with Crippen molar-refractivity contribution in [2.24, 2.45) is 11.8 Å². The molecule has 2 rings (SSSR count). The summed E-state index contributed by atoms with van der Waals surface area (Å²) < 4.78 is 33.8. The highest BCUT2D eigenvalue weighted by Gasteiger charge is 2.37. The van der Waals surface area contributed by atoms with Gasteiger partial charge in [0.15, 0.2) is 11.5 Å². The minimum absolute atomic E-state index is 0.0122. The number of alkyl halides is 2. The lowest BCUT2D eigenvalue weighted by Crippen LogP contribution is -2.29. The molecule has 0 spiro atoms. The maximum Gasteiger partial charge on any atom is 0.387 e. The molecule has 0 unspecified atom stereocenters. The van der Waals surface area contributed by atoms with Crippen molar-refractivity contribution in [1.29, 1.82) is 0 Å². The second-order valence-corrected chi connectivity index (χ2v) is 5.38. The van der Waals surface area contributed by atoms with E-state index in [0.717, 1.165) is 0 Å². The number of likely N-dealkylation sites (tertiary alicyclic amines) is 1. The number of carbonyl (C=O) groups is 2. The molecular formula is C15H17F2NO5. The number of carbonyl (C=O) groups excluding carboxylic acids is 1. The number of aliphatic carboxylic acids is 1. The summed E-state index contributed by atoms with van der Waals surface area (Å²) in [5, 5.41) is 9.11. The van der Waals surface area contributed by atoms with Crippen molar-refractivity contribution >= 4 is 11.9 Å². The van der Waals surface area contributed by atoms with Crippen LogP contribution in [0.4, 0.5) is 8.78 Å². The predicted molar refractivity (Wildman–Crippen MR) is 75.8 cm³/mol. The van der Waals surface area contributed by atoms with E-state index in [-0.39, 0.29) is 35.4 Å². The normalized spacial score (nSPS) is 20.7. The molecule has 1 aliphatic rings. The zero-order valence-electron chi connectivity index (χ0n) is 12.7. The monoisotopic (exact) mass is 329 g/mol. The third-order valence-electron chi connectivity index (χ3n) is 3.84. The molecule has 126 valence electrons. The lowest BCUT2D eigenvalue weighted by Gasteiger charge is -2.17. The molecule has 1 saturated heterocycles. The number of hydrogen-bond donors (Lipinski definition) is 1. The number of methoxy groups -OCH3 is 1. The maximum atomic E-state index is 12.5. The van der Waals surface area contributed by atoms with Crippen LogP contribution in [0.2, 0.25) is 0 Å². The van der Waals surface area contributed by atoms with Gasteiger partial charge in [0.25, 0.3) is 5.91 Å². The van der Waals surface area contributed by atoms with Crippen LogP contribution in [0.5, 0.6) is 11.5 Å². The molecule has 1 N–H and O–H groups in total. The van der Waals surface area contributed by atoms with Crippen LogP contribution in [0.1, 0.15) is 17.3 Å². The third kappa shape index (κ3) is 3.69. The molecule has 1 heterocycles. The summed E-state index contributed by atoms with van der Waals surface area (Å²) in [6.07, 6.45) is 0. The molecule has 0 saturated carbocycles. The SMILES string of the molecule is COc1cc(C(=O)N2C[C@@H](C)[C@H](C(=O)O)C2)ccc1OC(F)F. The fraction of sp³-hybridized carbons (Fsp3) is 0.467. The summed E-state index contributed by atoms with van der Waals surface area (Å²) in [5.74, 6) is -2.23. The second-order valence-electron chi connectivity index (χ2n) is 5.38. The Hall–Kier alpha value is -2.38. The summed E-state index contributed by atoms with van der Waals surface area (Å²) in [6, 6.07) is 3.88. The van der Waals surface area contributed by atoms with Crippen molar-refractivity contribution in [2.75, 3.05) is 20.2 Å². The van der Waals surface area contributed by atoms with Gasteiger partial charge in [0, 0.05) is 18.7 Å². The van der Waals surface area contributed by atoms with Gasteiger partial charge >= 0.3 is 12.6 Å². The van der Waals surface area contributed by atoms with Crippen LogP contribution in [0.3, 0.4) is 0 Å². The Morgan fingerprint density at radius 1 is 1.30 bits per heavy atom. The van der Waals surface area contributed by atoms with E-state index in [2.05, 4.69) is 4.74 Å². The van der Waals surface area contributed by atoms with Crippen molar-refractivity contribution in [2.45, 2.75) is 13.5 Å². The Morgan fingerprint density at radius 3 is 2.52 bits per heavy atom. The highest BCUT2D eigenvalue weighted by atomic mass is 19.3. The Morgan fingerprint density at radius 2 is 2.00 bits per heavy atom. The summed E-state index contributed by atoms with van der Waals surface area (Å²) in [5.41, 5.74) is 0.224. The zero-order chi connectivity index (χ0) is 17.1. The molecule has 0 bridgehead atoms. The van der Waals surface area contributed by atoms with Crippen molar-refractivity contribution in [3.8, 4) is 11.5 Å². The van der Waals surface area contributed by atoms with Crippen LogP contribution in [-0.4, -0.2) is 48.7 Å². The molecule has 2 atom stereocenters. The molecule has 8 heteroatoms. The molecule has 6 nitrogen and oxygen atoms in total. The van der Waals surface area contributed by atoms with E-state index in [4.69, 9.17) is 9.84 Å². The van der Waals surface area contributed by atoms with Crippen LogP contribution >= 0.6 is 0 Å². The van der Waals surface area contributed by atoms with Crippen molar-refractivity contribution in [3.63, 3.8) is 0 Å². The van der Waals surface area contributed by atoms with Crippen LogP contribution in [0.15, 0.2) is 18.2 Å². The first-order chi connectivity index (χ1) is 10.8. The van der Waals surface area contributed by atoms with Gasteiger partial charge in [-0.15, -0.1) is 0 Å². The van der Waals surface area contributed by atoms with Crippen molar-refractivity contribution < 1.29 is 33.0 Å². The van der Waals surface area contributed by atoms with Crippen molar-refractivity contribution in [3.05, 3.63) is 23.8 Å². The Bertz CT molecular complexity index is 608. The number of nitrogens with zero attached hydrogens (tertiary/aromatic N) is 1. The Kier molecular flexibility index (Phi) is 5.02. The van der Waals surface area contributed by atoms with Crippen LogP contribution < -0.4 is 9.47 Å². The van der Waals surface area contributed by atoms with Gasteiger partial charge in [-0.2, -0.15) is 8.78 Å². The fourth-order valence-electron chi connectivity index (χ4n) is 2.63. The van der Waals surface area contributed by atoms with Gasteiger partial charge in [-0.1, -0.05) is 6.92 Å². The van der Waals surface area contributed by atoms with E-state index in [1.165, 1.54) is 30.2 Å². The smallest absolute Gasteiger partial charge is 0.387 e. The molecule has 1 aromatic carbocycles.